The van der Waals surface area contributed by atoms with Crippen molar-refractivity contribution in [2.24, 2.45) is 0 Å². The van der Waals surface area contributed by atoms with Crippen molar-refractivity contribution in [3.8, 4) is 0 Å². The van der Waals surface area contributed by atoms with Gasteiger partial charge in [-0.3, -0.25) is 9.59 Å². The van der Waals surface area contributed by atoms with E-state index in [9.17, 15) is 35.1 Å². The van der Waals surface area contributed by atoms with E-state index in [1.807, 2.05) is 42.5 Å². The predicted octanol–water partition coefficient (Wildman–Crippen LogP) is 11.5. The van der Waals surface area contributed by atoms with E-state index in [-0.39, 0.29) is 19.4 Å². The second kappa shape index (κ2) is 44.6. The molecule has 0 bridgehead atoms. The number of rotatable bonds is 44. The lowest BCUT2D eigenvalue weighted by Gasteiger charge is -2.41. The molecule has 1 aliphatic rings. The van der Waals surface area contributed by atoms with Gasteiger partial charge in [0.2, 0.25) is 5.91 Å². The number of carbonyl (C=O) groups excluding carboxylic acids is 2. The summed E-state index contributed by atoms with van der Waals surface area (Å²) >= 11 is 0. The number of aliphatic hydroxyl groups excluding tert-OH is 5. The number of hydrogen-bond acceptors (Lipinski definition) is 10. The minimum atomic E-state index is -1.61. The first kappa shape index (κ1) is 62.4. The van der Waals surface area contributed by atoms with Gasteiger partial charge < -0.3 is 45.1 Å². The number of esters is 1. The molecule has 0 saturated carbocycles. The van der Waals surface area contributed by atoms with Crippen molar-refractivity contribution in [3.63, 3.8) is 0 Å². The molecule has 0 spiro atoms. The van der Waals surface area contributed by atoms with Crippen LogP contribution in [0.3, 0.4) is 0 Å². The molecule has 11 nitrogen and oxygen atoms in total. The molecule has 1 fully saturated rings. The SMILES string of the molecule is CC/C=C/C=C/C=C/C=C\CCCCCCC(O)C(=O)NC(COC1OC(CO)C(O)C(O)C1OC(=O)CCCCCCCCCCCCC)C(O)/C=C/CCCCCCCCCCCCC. The van der Waals surface area contributed by atoms with Gasteiger partial charge in [-0.15, -0.1) is 0 Å². The van der Waals surface area contributed by atoms with Gasteiger partial charge in [0, 0.05) is 6.42 Å². The zero-order valence-corrected chi connectivity index (χ0v) is 42.5. The van der Waals surface area contributed by atoms with Gasteiger partial charge in [-0.1, -0.05) is 229 Å². The Morgan fingerprint density at radius 2 is 1.07 bits per heavy atom. The number of allylic oxidation sites excluding steroid dienone is 9. The maximum atomic E-state index is 13.3. The van der Waals surface area contributed by atoms with Crippen LogP contribution in [0.1, 0.15) is 220 Å². The normalized spacial score (nSPS) is 20.5. The van der Waals surface area contributed by atoms with Crippen molar-refractivity contribution >= 4 is 11.9 Å². The lowest BCUT2D eigenvalue weighted by Crippen LogP contribution is -2.61. The Hall–Kier alpha value is -2.64. The maximum absolute atomic E-state index is 13.3. The third kappa shape index (κ3) is 33.5. The molecule has 1 saturated heterocycles. The second-order valence-electron chi connectivity index (χ2n) is 18.7. The molecule has 8 atom stereocenters. The van der Waals surface area contributed by atoms with E-state index in [2.05, 4.69) is 38.2 Å². The quantitative estimate of drug-likeness (QED) is 0.0149. The molecular formula is C56H99NO10. The molecule has 0 radical (unpaired) electrons. The summed E-state index contributed by atoms with van der Waals surface area (Å²) in [4.78, 5) is 26.3. The number of carbonyl (C=O) groups is 2. The fraction of sp³-hybridized carbons (Fsp3) is 0.786. The number of unbranched alkanes of at least 4 members (excludes halogenated alkanes) is 25. The molecule has 8 unspecified atom stereocenters. The number of hydrogen-bond donors (Lipinski definition) is 6. The fourth-order valence-corrected chi connectivity index (χ4v) is 8.19. The summed E-state index contributed by atoms with van der Waals surface area (Å²) < 4.78 is 17.5. The first-order chi connectivity index (χ1) is 32.7. The van der Waals surface area contributed by atoms with Gasteiger partial charge in [-0.25, -0.2) is 0 Å². The zero-order chi connectivity index (χ0) is 49.0. The highest BCUT2D eigenvalue weighted by Gasteiger charge is 2.47. The van der Waals surface area contributed by atoms with E-state index >= 15 is 0 Å². The van der Waals surface area contributed by atoms with Gasteiger partial charge >= 0.3 is 5.97 Å². The zero-order valence-electron chi connectivity index (χ0n) is 42.5. The first-order valence-electron chi connectivity index (χ1n) is 27.1. The van der Waals surface area contributed by atoms with Gasteiger partial charge in [-0.2, -0.15) is 0 Å². The van der Waals surface area contributed by atoms with Crippen LogP contribution in [0.2, 0.25) is 0 Å². The van der Waals surface area contributed by atoms with Crippen LogP contribution in [0.5, 0.6) is 0 Å². The molecule has 0 aliphatic carbocycles. The van der Waals surface area contributed by atoms with Crippen molar-refractivity contribution < 1.29 is 49.3 Å². The Kier molecular flexibility index (Phi) is 41.5. The van der Waals surface area contributed by atoms with Crippen molar-refractivity contribution in [2.45, 2.75) is 269 Å². The van der Waals surface area contributed by atoms with Crippen LogP contribution in [-0.4, -0.2) is 99.6 Å². The fourth-order valence-electron chi connectivity index (χ4n) is 8.19. The molecule has 0 aromatic heterocycles. The molecule has 1 rings (SSSR count). The van der Waals surface area contributed by atoms with E-state index in [1.54, 1.807) is 6.08 Å². The highest BCUT2D eigenvalue weighted by atomic mass is 16.7. The highest BCUT2D eigenvalue weighted by molar-refractivity contribution is 5.80. The number of amides is 1. The largest absolute Gasteiger partial charge is 0.454 e. The van der Waals surface area contributed by atoms with Gasteiger partial charge in [0.1, 0.15) is 24.4 Å². The average Bonchev–Trinajstić information content (AvgIpc) is 3.32. The minimum Gasteiger partial charge on any atom is -0.454 e. The lowest BCUT2D eigenvalue weighted by molar-refractivity contribution is -0.305. The summed E-state index contributed by atoms with van der Waals surface area (Å²) in [5.74, 6) is -1.22. The van der Waals surface area contributed by atoms with Crippen LogP contribution in [-0.2, 0) is 23.8 Å². The van der Waals surface area contributed by atoms with Crippen LogP contribution in [0.15, 0.2) is 60.8 Å². The Bertz CT molecular complexity index is 1320. The minimum absolute atomic E-state index is 0.121. The van der Waals surface area contributed by atoms with Crippen LogP contribution in [0.4, 0.5) is 0 Å². The van der Waals surface area contributed by atoms with Crippen LogP contribution in [0.25, 0.3) is 0 Å². The van der Waals surface area contributed by atoms with Gasteiger partial charge in [0.05, 0.1) is 25.4 Å². The summed E-state index contributed by atoms with van der Waals surface area (Å²) in [5.41, 5.74) is 0. The predicted molar refractivity (Wildman–Crippen MR) is 273 cm³/mol. The second-order valence-corrected chi connectivity index (χ2v) is 18.7. The Balaban J connectivity index is 2.80. The summed E-state index contributed by atoms with van der Waals surface area (Å²) in [5, 5.41) is 56.6. The van der Waals surface area contributed by atoms with Gasteiger partial charge in [-0.05, 0) is 44.9 Å². The van der Waals surface area contributed by atoms with E-state index in [0.29, 0.717) is 12.8 Å². The highest BCUT2D eigenvalue weighted by Crippen LogP contribution is 2.26. The van der Waals surface area contributed by atoms with E-state index < -0.39 is 67.4 Å². The van der Waals surface area contributed by atoms with Crippen molar-refractivity contribution in [1.82, 2.24) is 5.32 Å². The Labute approximate surface area is 408 Å². The molecule has 388 valence electrons. The average molecular weight is 946 g/mol. The van der Waals surface area contributed by atoms with E-state index in [0.717, 1.165) is 70.6 Å². The van der Waals surface area contributed by atoms with E-state index in [1.165, 1.54) is 103 Å². The smallest absolute Gasteiger partial charge is 0.306 e. The molecule has 0 aromatic carbocycles. The number of aliphatic hydroxyl groups is 5. The monoisotopic (exact) mass is 946 g/mol. The Morgan fingerprint density at radius 1 is 0.597 bits per heavy atom. The van der Waals surface area contributed by atoms with Crippen LogP contribution < -0.4 is 5.32 Å². The molecule has 67 heavy (non-hydrogen) atoms. The first-order valence-corrected chi connectivity index (χ1v) is 27.1. The lowest BCUT2D eigenvalue weighted by atomic mass is 9.99. The molecule has 1 aliphatic heterocycles. The van der Waals surface area contributed by atoms with E-state index in [4.69, 9.17) is 14.2 Å². The summed E-state index contributed by atoms with van der Waals surface area (Å²) in [6.45, 7) is 5.60. The topological polar surface area (TPSA) is 175 Å². The van der Waals surface area contributed by atoms with Gasteiger partial charge in [0.15, 0.2) is 12.4 Å². The van der Waals surface area contributed by atoms with Crippen LogP contribution >= 0.6 is 0 Å². The van der Waals surface area contributed by atoms with Crippen molar-refractivity contribution in [2.75, 3.05) is 13.2 Å². The third-order valence-electron chi connectivity index (χ3n) is 12.5. The standard InChI is InChI=1S/C56H99NO10/c1-4-7-10-13-16-19-22-24-26-29-31-34-37-40-43-49(60)55(64)57-47(48(59)42-39-36-33-30-28-25-23-20-17-14-11-8-5-2)46-65-56-54(53(63)52(62)50(45-58)66-56)67-51(61)44-41-38-35-32-27-21-18-15-12-9-6-3/h7,10,13,16,19,22,24,26,39,42,47-50,52-54,56,58-60,62-63H,4-6,8-9,11-12,14-15,17-18,20-21,23,25,27-38,40-41,43-46H2,1-3H3,(H,57,64)/b10-7+,16-13+,22-19+,26-24-,42-39+. The molecule has 1 heterocycles. The third-order valence-corrected chi connectivity index (χ3v) is 12.5. The summed E-state index contributed by atoms with van der Waals surface area (Å²) in [7, 11) is 0. The molecular weight excluding hydrogens is 847 g/mol. The van der Waals surface area contributed by atoms with Crippen LogP contribution in [0, 0.1) is 0 Å². The molecule has 6 N–H and O–H groups in total. The summed E-state index contributed by atoms with van der Waals surface area (Å²) in [6, 6.07) is -1.03. The molecule has 1 amide bonds. The number of ether oxygens (including phenoxy) is 3. The Morgan fingerprint density at radius 3 is 1.61 bits per heavy atom. The maximum Gasteiger partial charge on any atom is 0.306 e. The van der Waals surface area contributed by atoms with Gasteiger partial charge in [0.25, 0.3) is 0 Å². The van der Waals surface area contributed by atoms with Crippen molar-refractivity contribution in [1.29, 1.82) is 0 Å². The summed E-state index contributed by atoms with van der Waals surface area (Å²) in [6.07, 6.45) is 42.7. The molecule has 0 aromatic rings. The van der Waals surface area contributed by atoms with Crippen molar-refractivity contribution in [3.05, 3.63) is 60.8 Å². The molecule has 11 heteroatoms. The number of nitrogens with one attached hydrogen (secondary N) is 1.